The minimum Gasteiger partial charge on any atom is -0.481 e. The Morgan fingerprint density at radius 3 is 2.74 bits per heavy atom. The van der Waals surface area contributed by atoms with Crippen molar-refractivity contribution >= 4 is 23.0 Å². The van der Waals surface area contributed by atoms with E-state index in [1.165, 1.54) is 11.3 Å². The predicted molar refractivity (Wildman–Crippen MR) is 74.1 cm³/mol. The lowest BCUT2D eigenvalue weighted by Gasteiger charge is -2.06. The third kappa shape index (κ3) is 3.57. The van der Waals surface area contributed by atoms with E-state index in [4.69, 9.17) is 10.4 Å². The quantitative estimate of drug-likeness (QED) is 0.877. The third-order valence-corrected chi connectivity index (χ3v) is 3.63. The average Bonchev–Trinajstić information content (AvgIpc) is 2.83. The number of nitrogens with zero attached hydrogens (tertiary/aromatic N) is 1. The minimum absolute atomic E-state index is 0.0550. The van der Waals surface area contributed by atoms with E-state index in [0.29, 0.717) is 12.1 Å². The van der Waals surface area contributed by atoms with Gasteiger partial charge in [0.1, 0.15) is 6.07 Å². The lowest BCUT2D eigenvalue weighted by atomic mass is 10.2. The molecule has 0 aliphatic rings. The van der Waals surface area contributed by atoms with Gasteiger partial charge in [0.05, 0.1) is 17.7 Å². The molecule has 2 N–H and O–H groups in total. The van der Waals surface area contributed by atoms with Gasteiger partial charge in [-0.2, -0.15) is 5.26 Å². The standard InChI is InChI=1S/C14H12N2O2S/c15-8-10-3-1-2-4-13(10)16-9-12-6-5-11(19-12)7-14(17)18/h1-6,16H,7,9H2,(H,17,18). The highest BCUT2D eigenvalue weighted by atomic mass is 32.1. The van der Waals surface area contributed by atoms with E-state index in [0.717, 1.165) is 15.4 Å². The number of nitrogens with one attached hydrogen (secondary N) is 1. The number of hydrogen-bond donors (Lipinski definition) is 2. The SMILES string of the molecule is N#Cc1ccccc1NCc1ccc(CC(=O)O)s1. The molecule has 0 spiro atoms. The summed E-state index contributed by atoms with van der Waals surface area (Å²) >= 11 is 1.47. The van der Waals surface area contributed by atoms with Crippen molar-refractivity contribution in [3.8, 4) is 6.07 Å². The topological polar surface area (TPSA) is 73.1 Å². The maximum atomic E-state index is 10.6. The van der Waals surface area contributed by atoms with Gasteiger partial charge >= 0.3 is 5.97 Å². The molecule has 0 amide bonds. The molecule has 0 radical (unpaired) electrons. The summed E-state index contributed by atoms with van der Waals surface area (Å²) in [5, 5.41) is 20.9. The molecule has 0 bridgehead atoms. The summed E-state index contributed by atoms with van der Waals surface area (Å²) in [5.41, 5.74) is 1.39. The Balaban J connectivity index is 2.01. The summed E-state index contributed by atoms with van der Waals surface area (Å²) in [6.45, 7) is 0.586. The first-order valence-corrected chi connectivity index (χ1v) is 6.53. The van der Waals surface area contributed by atoms with Crippen molar-refractivity contribution in [2.45, 2.75) is 13.0 Å². The maximum Gasteiger partial charge on any atom is 0.308 e. The number of carbonyl (C=O) groups is 1. The Morgan fingerprint density at radius 2 is 2.00 bits per heavy atom. The van der Waals surface area contributed by atoms with Crippen LogP contribution in [0.25, 0.3) is 0 Å². The Labute approximate surface area is 114 Å². The first-order chi connectivity index (χ1) is 9.19. The second kappa shape index (κ2) is 6.03. The second-order valence-electron chi connectivity index (χ2n) is 3.95. The van der Waals surface area contributed by atoms with Crippen molar-refractivity contribution in [3.05, 3.63) is 51.7 Å². The van der Waals surface area contributed by atoms with Crippen molar-refractivity contribution in [1.29, 1.82) is 5.26 Å². The van der Waals surface area contributed by atoms with E-state index in [-0.39, 0.29) is 6.42 Å². The zero-order valence-electron chi connectivity index (χ0n) is 10.1. The molecule has 0 aliphatic carbocycles. The number of nitriles is 1. The highest BCUT2D eigenvalue weighted by molar-refractivity contribution is 7.12. The van der Waals surface area contributed by atoms with Crippen LogP contribution in [-0.2, 0) is 17.8 Å². The molecule has 1 aromatic carbocycles. The maximum absolute atomic E-state index is 10.6. The highest BCUT2D eigenvalue weighted by Crippen LogP contribution is 2.20. The summed E-state index contributed by atoms with van der Waals surface area (Å²) < 4.78 is 0. The Morgan fingerprint density at radius 1 is 1.26 bits per heavy atom. The fourth-order valence-corrected chi connectivity index (χ4v) is 2.63. The molecule has 1 aromatic heterocycles. The summed E-state index contributed by atoms with van der Waals surface area (Å²) in [6.07, 6.45) is 0.0550. The molecule has 19 heavy (non-hydrogen) atoms. The molecule has 5 heteroatoms. The Hall–Kier alpha value is -2.32. The van der Waals surface area contributed by atoms with Gasteiger partial charge in [0, 0.05) is 16.3 Å². The molecule has 0 unspecified atom stereocenters. The van der Waals surface area contributed by atoms with Crippen LogP contribution >= 0.6 is 11.3 Å². The molecule has 0 saturated heterocycles. The van der Waals surface area contributed by atoms with Crippen molar-refractivity contribution < 1.29 is 9.90 Å². The van der Waals surface area contributed by atoms with Gasteiger partial charge in [-0.15, -0.1) is 11.3 Å². The molecule has 0 aliphatic heterocycles. The smallest absolute Gasteiger partial charge is 0.308 e. The summed E-state index contributed by atoms with van der Waals surface area (Å²) in [4.78, 5) is 12.5. The number of benzene rings is 1. The van der Waals surface area contributed by atoms with Gasteiger partial charge < -0.3 is 10.4 Å². The molecule has 0 saturated carbocycles. The first-order valence-electron chi connectivity index (χ1n) is 5.71. The van der Waals surface area contributed by atoms with E-state index in [2.05, 4.69) is 11.4 Å². The third-order valence-electron chi connectivity index (χ3n) is 2.54. The summed E-state index contributed by atoms with van der Waals surface area (Å²) in [5.74, 6) is -0.823. The van der Waals surface area contributed by atoms with Gasteiger partial charge in [-0.05, 0) is 24.3 Å². The average molecular weight is 272 g/mol. The van der Waals surface area contributed by atoms with Crippen LogP contribution in [0.2, 0.25) is 0 Å². The van der Waals surface area contributed by atoms with Crippen LogP contribution in [0, 0.1) is 11.3 Å². The molecule has 0 fully saturated rings. The van der Waals surface area contributed by atoms with Crippen LogP contribution in [0.15, 0.2) is 36.4 Å². The number of anilines is 1. The molecule has 96 valence electrons. The fraction of sp³-hybridized carbons (Fsp3) is 0.143. The number of carboxylic acids is 1. The lowest BCUT2D eigenvalue weighted by Crippen LogP contribution is -1.99. The van der Waals surface area contributed by atoms with Gasteiger partial charge in [0.15, 0.2) is 0 Å². The predicted octanol–water partition coefficient (Wildman–Crippen LogP) is 2.86. The van der Waals surface area contributed by atoms with Gasteiger partial charge in [-0.1, -0.05) is 12.1 Å². The van der Waals surface area contributed by atoms with Crippen LogP contribution in [0.1, 0.15) is 15.3 Å². The zero-order chi connectivity index (χ0) is 13.7. The Bertz CT molecular complexity index is 628. The normalized spacial score (nSPS) is 9.84. The fourth-order valence-electron chi connectivity index (χ4n) is 1.68. The van der Waals surface area contributed by atoms with Gasteiger partial charge in [-0.25, -0.2) is 0 Å². The van der Waals surface area contributed by atoms with E-state index in [9.17, 15) is 4.79 Å². The molecule has 4 nitrogen and oxygen atoms in total. The lowest BCUT2D eigenvalue weighted by molar-refractivity contribution is -0.136. The zero-order valence-corrected chi connectivity index (χ0v) is 10.9. The van der Waals surface area contributed by atoms with Crippen LogP contribution in [0.4, 0.5) is 5.69 Å². The molecular formula is C14H12N2O2S. The van der Waals surface area contributed by atoms with E-state index < -0.39 is 5.97 Å². The van der Waals surface area contributed by atoms with Crippen molar-refractivity contribution in [1.82, 2.24) is 0 Å². The van der Waals surface area contributed by atoms with Crippen molar-refractivity contribution in [3.63, 3.8) is 0 Å². The summed E-state index contributed by atoms with van der Waals surface area (Å²) in [7, 11) is 0. The molecule has 2 aromatic rings. The van der Waals surface area contributed by atoms with Gasteiger partial charge in [0.2, 0.25) is 0 Å². The van der Waals surface area contributed by atoms with E-state index >= 15 is 0 Å². The number of thiophene rings is 1. The van der Waals surface area contributed by atoms with Crippen LogP contribution in [-0.4, -0.2) is 11.1 Å². The van der Waals surface area contributed by atoms with Crippen LogP contribution < -0.4 is 5.32 Å². The second-order valence-corrected chi connectivity index (χ2v) is 5.20. The van der Waals surface area contributed by atoms with Crippen LogP contribution in [0.3, 0.4) is 0 Å². The van der Waals surface area contributed by atoms with Gasteiger partial charge in [-0.3, -0.25) is 4.79 Å². The number of aliphatic carboxylic acids is 1. The number of carboxylic acid groups (broad SMARTS) is 1. The highest BCUT2D eigenvalue weighted by Gasteiger charge is 2.05. The number of para-hydroxylation sites is 1. The largest absolute Gasteiger partial charge is 0.481 e. The Kier molecular flexibility index (Phi) is 4.16. The number of hydrogen-bond acceptors (Lipinski definition) is 4. The van der Waals surface area contributed by atoms with Crippen molar-refractivity contribution in [2.75, 3.05) is 5.32 Å². The van der Waals surface area contributed by atoms with E-state index in [1.54, 1.807) is 6.07 Å². The molecular weight excluding hydrogens is 260 g/mol. The summed E-state index contributed by atoms with van der Waals surface area (Å²) in [6, 6.07) is 13.2. The number of rotatable bonds is 5. The minimum atomic E-state index is -0.823. The van der Waals surface area contributed by atoms with Crippen LogP contribution in [0.5, 0.6) is 0 Å². The molecule has 1 heterocycles. The van der Waals surface area contributed by atoms with E-state index in [1.807, 2.05) is 30.3 Å². The molecule has 2 rings (SSSR count). The molecule has 0 atom stereocenters. The van der Waals surface area contributed by atoms with Gasteiger partial charge in [0.25, 0.3) is 0 Å². The first kappa shape index (κ1) is 13.1. The van der Waals surface area contributed by atoms with Crippen molar-refractivity contribution in [2.24, 2.45) is 0 Å². The monoisotopic (exact) mass is 272 g/mol.